The van der Waals surface area contributed by atoms with Crippen molar-refractivity contribution in [2.24, 2.45) is 0 Å². The number of hydrogen-bond donors (Lipinski definition) is 18. The molecule has 0 amide bonds. The Kier molecular flexibility index (Phi) is 26.0. The minimum atomic E-state index is -4.39. The van der Waals surface area contributed by atoms with E-state index in [1.54, 1.807) is 22.9 Å². The summed E-state index contributed by atoms with van der Waals surface area (Å²) in [5.74, 6) is -0.594. The second-order valence-corrected chi connectivity index (χ2v) is 47.6. The molecular formula is C64H74F2N26O30P6S6. The molecule has 21 heterocycles. The SMILES string of the molecule is Nc1nc2c(ncn2[C@@H]2OC3COP(O)(=S)O[C@H]4[C@@H](O)[C@H](n5ccc6c(N)ccnc65)O[C@@H]4COP(O)(=S)O[C@@H]2C3)c(=O)[nH]1.Nc1nc2c(ncn2[C@@H]2O[C@@H]3COP(=O)(S)OC4[C@@H](COP(O)(=S)O[C@H]2C3O)O[C@@H](n2cnc3c(N)ccnc32)[C@H]4F)c(=O)[nH]1.Nc1nc2c(ncn2[C@@H]2O[C@@H]3COP(O)(=S)OC4[C@@H](COP(O)(=S)OC2C3O)O[C@@H](n2cnc3c(N)ccnc32)[C@H]4F)c(=O)[nH]1. The average molecular weight is 2100 g/mol. The van der Waals surface area contributed by atoms with Crippen LogP contribution < -0.4 is 51.1 Å². The smallest absolute Gasteiger partial charge is 0.386 e. The lowest BCUT2D eigenvalue weighted by Crippen LogP contribution is -2.36. The molecule has 12 aromatic heterocycles. The van der Waals surface area contributed by atoms with Crippen molar-refractivity contribution in [1.82, 2.24) is 97.2 Å². The zero-order valence-corrected chi connectivity index (χ0v) is 77.6. The van der Waals surface area contributed by atoms with E-state index in [0.717, 1.165) is 0 Å². The molecule has 0 saturated carbocycles. The molecule has 23 N–H and O–H groups in total. The van der Waals surface area contributed by atoms with Crippen LogP contribution in [-0.2, 0) is 146 Å². The van der Waals surface area contributed by atoms with Crippen molar-refractivity contribution in [1.29, 1.82) is 0 Å². The molecule has 12 unspecified atom stereocenters. The van der Waals surface area contributed by atoms with Crippen LogP contribution in [0, 0.1) is 0 Å². The number of rotatable bonds is 6. The van der Waals surface area contributed by atoms with Crippen LogP contribution in [-0.4, -0.2) is 281 Å². The Morgan fingerprint density at radius 2 is 0.724 bits per heavy atom. The van der Waals surface area contributed by atoms with E-state index in [-0.39, 0.29) is 75.7 Å². The number of fused-ring (bicyclic) bond motifs is 15. The predicted molar refractivity (Wildman–Crippen MR) is 476 cm³/mol. The second kappa shape index (κ2) is 36.6. The molecule has 0 aliphatic carbocycles. The summed E-state index contributed by atoms with van der Waals surface area (Å²) < 4.78 is 157. The first kappa shape index (κ1) is 95.4. The molecule has 6 bridgehead atoms. The summed E-state index contributed by atoms with van der Waals surface area (Å²) in [6.07, 6.45) is -19.1. The highest BCUT2D eigenvalue weighted by Gasteiger charge is 2.58. The number of aliphatic hydroxyl groups excluding tert-OH is 3. The van der Waals surface area contributed by atoms with Gasteiger partial charge in [0.1, 0.15) is 102 Å². The fourth-order valence-corrected chi connectivity index (χ4v) is 24.9. The number of aliphatic hydroxyl groups is 3. The number of hydrogen-bond acceptors (Lipinski definition) is 47. The number of nitrogens with zero attached hydrogens (tertiary/aromatic N) is 17. The van der Waals surface area contributed by atoms with Crippen LogP contribution in [0.15, 0.2) is 95.1 Å². The van der Waals surface area contributed by atoms with Gasteiger partial charge in [0.15, 0.2) is 94.5 Å². The number of ether oxygens (including phenoxy) is 6. The third-order valence-electron chi connectivity index (χ3n) is 22.2. The number of aromatic amines is 3. The number of thiol groups is 1. The van der Waals surface area contributed by atoms with Crippen LogP contribution in [0.2, 0.25) is 0 Å². The summed E-state index contributed by atoms with van der Waals surface area (Å²) in [6.45, 7) is -28.3. The number of nitrogen functional groups attached to an aromatic ring is 6. The van der Waals surface area contributed by atoms with Crippen molar-refractivity contribution in [3.05, 3.63) is 112 Å². The van der Waals surface area contributed by atoms with E-state index in [4.69, 9.17) is 176 Å². The maximum absolute atomic E-state index is 16.0. The van der Waals surface area contributed by atoms with Gasteiger partial charge in [-0.05, 0) is 83.3 Å². The summed E-state index contributed by atoms with van der Waals surface area (Å²) in [6, 6.07) is 6.41. The van der Waals surface area contributed by atoms with Gasteiger partial charge in [0.2, 0.25) is 17.8 Å². The molecule has 70 heteroatoms. The van der Waals surface area contributed by atoms with Crippen molar-refractivity contribution in [3.63, 3.8) is 0 Å². The number of halogens is 2. The Bertz CT molecular complexity index is 6820. The zero-order chi connectivity index (χ0) is 94.6. The number of nitrogens with one attached hydrogen (secondary N) is 3. The monoisotopic (exact) mass is 2100 g/mol. The molecule has 29 atom stereocenters. The molecule has 0 spiro atoms. The number of aromatic nitrogens is 20. The Hall–Kier alpha value is -7.57. The van der Waals surface area contributed by atoms with Gasteiger partial charge in [-0.3, -0.25) is 79.3 Å². The van der Waals surface area contributed by atoms with E-state index in [0.29, 0.717) is 39.1 Å². The highest BCUT2D eigenvalue weighted by molar-refractivity contribution is 8.44. The zero-order valence-electron chi connectivity index (χ0n) is 67.3. The van der Waals surface area contributed by atoms with Crippen molar-refractivity contribution >= 4 is 213 Å². The number of anilines is 6. The molecule has 9 saturated heterocycles. The molecule has 21 rings (SSSR count). The van der Waals surface area contributed by atoms with E-state index >= 15 is 8.78 Å². The van der Waals surface area contributed by atoms with E-state index in [1.165, 1.54) is 85.2 Å². The molecule has 9 fully saturated rings. The Morgan fingerprint density at radius 3 is 1.19 bits per heavy atom. The highest BCUT2D eigenvalue weighted by Crippen LogP contribution is 2.61. The van der Waals surface area contributed by atoms with Crippen molar-refractivity contribution in [2.75, 3.05) is 74.0 Å². The summed E-state index contributed by atoms with van der Waals surface area (Å²) >= 11 is 30.2. The maximum atomic E-state index is 16.0. The average Bonchev–Trinajstić information content (AvgIpc) is 1.62. The topological polar surface area (TPSA) is 771 Å². The molecular weight excluding hydrogens is 2030 g/mol. The van der Waals surface area contributed by atoms with Gasteiger partial charge < -0.3 is 134 Å². The number of imidazole rings is 5. The van der Waals surface area contributed by atoms with Crippen LogP contribution in [0.4, 0.5) is 43.7 Å². The second-order valence-electron chi connectivity index (χ2n) is 30.8. The number of alkyl halides is 2. The summed E-state index contributed by atoms with van der Waals surface area (Å²) in [5.41, 5.74) is 35.7. The molecule has 134 heavy (non-hydrogen) atoms. The van der Waals surface area contributed by atoms with Crippen LogP contribution >= 0.6 is 52.6 Å². The van der Waals surface area contributed by atoms with Gasteiger partial charge in [-0.15, -0.1) is 0 Å². The Balaban J connectivity index is 0.000000129. The van der Waals surface area contributed by atoms with Crippen molar-refractivity contribution in [2.45, 2.75) is 148 Å². The Labute approximate surface area is 775 Å². The Morgan fingerprint density at radius 1 is 0.373 bits per heavy atom. The van der Waals surface area contributed by atoms with Crippen LogP contribution in [0.5, 0.6) is 0 Å². The maximum Gasteiger partial charge on any atom is 0.386 e. The molecule has 9 aliphatic rings. The lowest BCUT2D eigenvalue weighted by molar-refractivity contribution is -0.0602. The van der Waals surface area contributed by atoms with Gasteiger partial charge in [-0.2, -0.15) is 15.0 Å². The number of pyridine rings is 3. The first-order valence-electron chi connectivity index (χ1n) is 39.2. The van der Waals surface area contributed by atoms with Gasteiger partial charge in [0, 0.05) is 42.3 Å². The van der Waals surface area contributed by atoms with Crippen LogP contribution in [0.3, 0.4) is 0 Å². The molecule has 0 aromatic carbocycles. The van der Waals surface area contributed by atoms with Gasteiger partial charge in [-0.1, -0.05) is 12.2 Å². The largest absolute Gasteiger partial charge is 0.398 e. The summed E-state index contributed by atoms with van der Waals surface area (Å²) in [4.78, 5) is 145. The van der Waals surface area contributed by atoms with Gasteiger partial charge in [0.25, 0.3) is 16.7 Å². The standard InChI is InChI=1S/C22H26N8O10P2S2.2C21H24FN9O10P2S2/c23-11-1-3-25-17-10(11)2-4-29(17)21-15(31)16-13(38-21)7-36-41(33,43)39-12-5-9(6-35-42(34,44)40-16)37-20(12)30-8-26-14-18(30)27-22(24)28-19(14)32;2*22-10-14-9(39-19(10)30-5-26-11-7(23)1-2-25-16(11)30)4-37-43(35,45)41-15-13(32)8(3-36-42(34,44)40-14)38-20(15)31-6-27-12-17(31)28-21(24)29-18(12)33/h1-4,8-9,12-13,15-16,20-21,31H,5-7H2,(H2,23,25)(H,33,43)(H,34,44)(H3,24,27,28,32);2*1-2,5-6,8-10,13-15,19-20,32H,3-4H2,(H2,23,25)(H,34,44)(H,35,45)(H3,24,28,29,33)/t9?,12-,13-,15-,16-,20-,21-,41?,42?;8-,9-,10+,13?,14?,15?,19-,20-,42?,43?;8-,9-,10+,13?,14?,15+,19-,20-,42?,43?/m111/s1. The summed E-state index contributed by atoms with van der Waals surface area (Å²) in [5, 5.41) is 34.2. The lowest BCUT2D eigenvalue weighted by atomic mass is 10.1. The fourth-order valence-electron chi connectivity index (χ4n) is 16.2. The number of nitrogens with two attached hydrogens (primary N) is 6. The van der Waals surface area contributed by atoms with Crippen molar-refractivity contribution in [3.8, 4) is 0 Å². The van der Waals surface area contributed by atoms with Gasteiger partial charge in [-0.25, -0.2) is 53.2 Å². The summed E-state index contributed by atoms with van der Waals surface area (Å²) in [7, 11) is 0. The van der Waals surface area contributed by atoms with Crippen molar-refractivity contribution < 1.29 is 136 Å². The molecule has 12 aromatic rings. The lowest BCUT2D eigenvalue weighted by Gasteiger charge is -2.28. The van der Waals surface area contributed by atoms with Gasteiger partial charge in [0.05, 0.1) is 88.8 Å². The minimum absolute atomic E-state index is 0.000451. The normalized spacial score (nSPS) is 37.3. The third kappa shape index (κ3) is 18.7. The van der Waals surface area contributed by atoms with E-state index in [1.807, 2.05) is 0 Å². The first-order chi connectivity index (χ1) is 63.5. The molecule has 720 valence electrons. The third-order valence-corrected chi connectivity index (χ3v) is 31.7. The minimum Gasteiger partial charge on any atom is -0.398 e. The fraction of sp³-hybridized carbons (Fsp3) is 0.469. The first-order valence-corrected chi connectivity index (χ1v) is 54.9. The quantitative estimate of drug-likeness (QED) is 0.0763. The van der Waals surface area contributed by atoms with Crippen LogP contribution in [0.1, 0.15) is 43.8 Å². The van der Waals surface area contributed by atoms with E-state index < -0.39 is 231 Å². The number of H-pyrrole nitrogens is 3. The molecule has 0 radical (unpaired) electrons. The predicted octanol–water partition coefficient (Wildman–Crippen LogP) is -0.101. The molecule has 56 nitrogen and oxygen atoms in total. The highest BCUT2D eigenvalue weighted by atomic mass is 32.7. The molecule has 9 aliphatic heterocycles. The van der Waals surface area contributed by atoms with Crippen LogP contribution in [0.25, 0.3) is 66.9 Å². The van der Waals surface area contributed by atoms with Gasteiger partial charge >= 0.3 is 40.4 Å². The van der Waals surface area contributed by atoms with E-state index in [2.05, 4.69) is 82.0 Å². The van der Waals surface area contributed by atoms with E-state index in [9.17, 15) is 58.7 Å².